The van der Waals surface area contributed by atoms with E-state index in [1.165, 1.54) is 0 Å². The van der Waals surface area contributed by atoms with E-state index in [9.17, 15) is 16.8 Å². The van der Waals surface area contributed by atoms with Gasteiger partial charge < -0.3 is 9.11 Å². The van der Waals surface area contributed by atoms with E-state index in [0.717, 1.165) is 0 Å². The summed E-state index contributed by atoms with van der Waals surface area (Å²) in [7, 11) is -15.4. The summed E-state index contributed by atoms with van der Waals surface area (Å²) >= 11 is 0. The molecule has 0 heterocycles. The molecule has 0 saturated heterocycles. The Bertz CT molecular complexity index is 408. The minimum Gasteiger partial charge on any atom is -0.759 e. The Kier molecular flexibility index (Phi) is 10.3. The summed E-state index contributed by atoms with van der Waals surface area (Å²) in [5.74, 6) is 0. The second kappa shape index (κ2) is 7.28. The molecule has 0 aliphatic carbocycles. The van der Waals surface area contributed by atoms with E-state index in [1.807, 2.05) is 0 Å². The maximum Gasteiger partial charge on any atom is 2.00 e. The first-order valence-electron chi connectivity index (χ1n) is 2.03. The molecule has 0 unspecified atom stereocenters. The van der Waals surface area contributed by atoms with Crippen LogP contribution in [0, 0.1) is 0 Å². The van der Waals surface area contributed by atoms with Crippen molar-refractivity contribution in [3.8, 4) is 0 Å². The maximum absolute atomic E-state index is 9.44. The van der Waals surface area contributed by atoms with E-state index in [2.05, 4.69) is 3.63 Å². The number of rotatable bonds is 2. The van der Waals surface area contributed by atoms with Gasteiger partial charge in [-0.05, 0) is 0 Å². The average Bonchev–Trinajstić information content (AvgIpc) is 1.42. The fourth-order valence-corrected chi connectivity index (χ4v) is 0.978. The van der Waals surface area contributed by atoms with Crippen LogP contribution in [0.2, 0.25) is 0 Å². The van der Waals surface area contributed by atoms with Gasteiger partial charge in [0, 0.05) is 10.4 Å². The van der Waals surface area contributed by atoms with Crippen molar-refractivity contribution in [2.24, 2.45) is 0 Å². The molecule has 0 aromatic carbocycles. The van der Waals surface area contributed by atoms with E-state index in [-0.39, 0.29) is 37.7 Å². The van der Waals surface area contributed by atoms with E-state index in [0.29, 0.717) is 0 Å². The van der Waals surface area contributed by atoms with Crippen molar-refractivity contribution in [3.05, 3.63) is 0 Å². The van der Waals surface area contributed by atoms with Gasteiger partial charge in [-0.1, -0.05) is 0 Å². The summed E-state index contributed by atoms with van der Waals surface area (Å²) in [5.41, 5.74) is 0. The molecule has 2 N–H and O–H groups in total. The van der Waals surface area contributed by atoms with E-state index < -0.39 is 31.2 Å². The molecule has 0 aromatic heterocycles. The largest absolute Gasteiger partial charge is 2.00 e. The van der Waals surface area contributed by atoms with Gasteiger partial charge in [-0.2, -0.15) is 16.8 Å². The fourth-order valence-electron chi connectivity index (χ4n) is 0.109. The predicted octanol–water partition coefficient (Wildman–Crippen LogP) is -3.11. The first-order chi connectivity index (χ1) is 5.71. The molecule has 0 radical (unpaired) electrons. The van der Waals surface area contributed by atoms with Gasteiger partial charge in [0.05, 0.1) is 0 Å². The van der Waals surface area contributed by atoms with E-state index in [4.69, 9.17) is 26.6 Å². The van der Waals surface area contributed by atoms with Crippen LogP contribution in [0.25, 0.3) is 0 Å². The van der Waals surface area contributed by atoms with Crippen molar-refractivity contribution in [2.75, 3.05) is 0 Å². The average molecular weight is 314 g/mol. The van der Waals surface area contributed by atoms with Gasteiger partial charge in [0.2, 0.25) is 0 Å². The van der Waals surface area contributed by atoms with Gasteiger partial charge in [-0.15, -0.1) is 3.63 Å². The monoisotopic (exact) mass is 314 g/mol. The van der Waals surface area contributed by atoms with Gasteiger partial charge in [-0.25, -0.2) is 0 Å². The zero-order chi connectivity index (χ0) is 12.2. The van der Waals surface area contributed by atoms with Crippen molar-refractivity contribution in [3.63, 3.8) is 0 Å². The van der Waals surface area contributed by atoms with Crippen LogP contribution in [0.15, 0.2) is 0 Å². The minimum atomic E-state index is -5.17. The first kappa shape index (κ1) is 21.2. The zero-order valence-corrected chi connectivity index (χ0v) is 11.2. The van der Waals surface area contributed by atoms with Crippen molar-refractivity contribution >= 4 is 68.9 Å². The Balaban J connectivity index is -0.000000208. The summed E-state index contributed by atoms with van der Waals surface area (Å²) in [6.07, 6.45) is 0. The number of hydrogen-bond acceptors (Lipinski definition) is 9. The Labute approximate surface area is 115 Å². The molecule has 0 aliphatic heterocycles. The normalized spacial score (nSPS) is 12.0. The van der Waals surface area contributed by atoms with Gasteiger partial charge in [-0.3, -0.25) is 17.5 Å². The SMILES string of the molecule is O=S(=O)(O)OS(=O)(=O)O.O=S(=O)([O-])[O-].[Ca+2]. The van der Waals surface area contributed by atoms with Crippen LogP contribution < -0.4 is 0 Å². The summed E-state index contributed by atoms with van der Waals surface area (Å²) < 4.78 is 89.7. The van der Waals surface area contributed by atoms with Crippen LogP contribution >= 0.6 is 0 Å². The molecule has 0 aromatic rings. The standard InChI is InChI=1S/Ca.H2O7S2.H2O4S/c;1-8(2,3)7-9(4,5)6;1-5(2,3)4/h;(H,1,2,3)(H,4,5,6);(H2,1,2,3,4)/q+2;;/p-2. The molecule has 0 aliphatic rings. The van der Waals surface area contributed by atoms with Gasteiger partial charge >= 0.3 is 58.5 Å². The fraction of sp³-hybridized carbons (Fsp3) is 0. The smallest absolute Gasteiger partial charge is 0.759 e. The Hall–Kier alpha value is 0.910. The van der Waals surface area contributed by atoms with Crippen molar-refractivity contribution < 1.29 is 47.1 Å². The Morgan fingerprint density at radius 1 is 0.800 bits per heavy atom. The number of hydrogen-bond donors (Lipinski definition) is 2. The Morgan fingerprint density at radius 2 is 0.933 bits per heavy atom. The van der Waals surface area contributed by atoms with Gasteiger partial charge in [0.15, 0.2) is 0 Å². The molecule has 0 spiro atoms. The topological polar surface area (TPSA) is 198 Å². The molecule has 15 heavy (non-hydrogen) atoms. The third-order valence-corrected chi connectivity index (χ3v) is 1.55. The minimum absolute atomic E-state index is 0. The first-order valence-corrected chi connectivity index (χ1v) is 6.10. The molecule has 0 saturated carbocycles. The molecule has 11 nitrogen and oxygen atoms in total. The molecular formula is H2CaO11S3. The molecule has 0 atom stereocenters. The quantitative estimate of drug-likeness (QED) is 0.297. The van der Waals surface area contributed by atoms with Crippen LogP contribution in [0.4, 0.5) is 0 Å². The molecule has 0 amide bonds. The second-order valence-corrected chi connectivity index (χ2v) is 4.40. The second-order valence-electron chi connectivity index (χ2n) is 1.33. The molecule has 15 heteroatoms. The molecule has 0 rings (SSSR count). The molecule has 0 bridgehead atoms. The summed E-state index contributed by atoms with van der Waals surface area (Å²) in [6, 6.07) is 0. The van der Waals surface area contributed by atoms with Crippen molar-refractivity contribution in [2.45, 2.75) is 0 Å². The molecule has 88 valence electrons. The Morgan fingerprint density at radius 3 is 0.933 bits per heavy atom. The van der Waals surface area contributed by atoms with Crippen molar-refractivity contribution in [1.29, 1.82) is 0 Å². The molecular weight excluding hydrogens is 312 g/mol. The molecule has 0 fully saturated rings. The van der Waals surface area contributed by atoms with Crippen LogP contribution in [0.3, 0.4) is 0 Å². The van der Waals surface area contributed by atoms with E-state index in [1.54, 1.807) is 0 Å². The van der Waals surface area contributed by atoms with Crippen molar-refractivity contribution in [1.82, 2.24) is 0 Å². The summed E-state index contributed by atoms with van der Waals surface area (Å²) in [6.45, 7) is 0. The van der Waals surface area contributed by atoms with Gasteiger partial charge in [0.1, 0.15) is 0 Å². The maximum atomic E-state index is 9.44. The zero-order valence-electron chi connectivity index (χ0n) is 6.50. The summed E-state index contributed by atoms with van der Waals surface area (Å²) in [5, 5.41) is 0. The third-order valence-electron chi connectivity index (χ3n) is 0.172. The van der Waals surface area contributed by atoms with Crippen LogP contribution in [0.5, 0.6) is 0 Å². The third kappa shape index (κ3) is 52.0. The van der Waals surface area contributed by atoms with E-state index >= 15 is 0 Å². The predicted molar refractivity (Wildman–Crippen MR) is 40.4 cm³/mol. The van der Waals surface area contributed by atoms with Crippen LogP contribution in [-0.4, -0.2) is 81.2 Å². The van der Waals surface area contributed by atoms with Crippen LogP contribution in [0.1, 0.15) is 0 Å². The summed E-state index contributed by atoms with van der Waals surface area (Å²) in [4.78, 5) is 0. The van der Waals surface area contributed by atoms with Crippen LogP contribution in [-0.2, 0) is 34.8 Å². The van der Waals surface area contributed by atoms with Gasteiger partial charge in [0.25, 0.3) is 0 Å².